The standard InChI is InChI=1S/C12H23NO2/c1-8(2)6-12(4,15)7-13-11(14)10-5-9(10)3/h8-10,15H,5-7H2,1-4H3,(H,13,14). The van der Waals surface area contributed by atoms with Crippen LogP contribution in [0.25, 0.3) is 0 Å². The number of hydrogen-bond acceptors (Lipinski definition) is 2. The van der Waals surface area contributed by atoms with Crippen molar-refractivity contribution in [1.82, 2.24) is 5.32 Å². The molecular weight excluding hydrogens is 190 g/mol. The molecular formula is C12H23NO2. The second-order valence-corrected chi connectivity index (χ2v) is 5.63. The normalized spacial score (nSPS) is 28.7. The molecule has 88 valence electrons. The van der Waals surface area contributed by atoms with E-state index in [9.17, 15) is 9.90 Å². The van der Waals surface area contributed by atoms with Gasteiger partial charge < -0.3 is 10.4 Å². The summed E-state index contributed by atoms with van der Waals surface area (Å²) in [5, 5.41) is 12.8. The first-order valence-electron chi connectivity index (χ1n) is 5.82. The molecule has 0 bridgehead atoms. The lowest BCUT2D eigenvalue weighted by atomic mass is 9.94. The Labute approximate surface area is 92.3 Å². The lowest BCUT2D eigenvalue weighted by molar-refractivity contribution is -0.123. The summed E-state index contributed by atoms with van der Waals surface area (Å²) in [6.07, 6.45) is 1.71. The van der Waals surface area contributed by atoms with Crippen LogP contribution in [0.5, 0.6) is 0 Å². The quantitative estimate of drug-likeness (QED) is 0.728. The smallest absolute Gasteiger partial charge is 0.223 e. The Bertz CT molecular complexity index is 236. The van der Waals surface area contributed by atoms with Gasteiger partial charge in [-0.3, -0.25) is 4.79 Å². The molecule has 0 heterocycles. The van der Waals surface area contributed by atoms with Crippen LogP contribution in [0.2, 0.25) is 0 Å². The van der Waals surface area contributed by atoms with E-state index >= 15 is 0 Å². The molecule has 1 amide bonds. The highest BCUT2D eigenvalue weighted by molar-refractivity contribution is 5.81. The van der Waals surface area contributed by atoms with E-state index in [-0.39, 0.29) is 11.8 Å². The van der Waals surface area contributed by atoms with Crippen LogP contribution in [0.1, 0.15) is 40.5 Å². The van der Waals surface area contributed by atoms with Crippen LogP contribution in [0.4, 0.5) is 0 Å². The van der Waals surface area contributed by atoms with E-state index in [4.69, 9.17) is 0 Å². The summed E-state index contributed by atoms with van der Waals surface area (Å²) in [5.74, 6) is 1.27. The molecule has 1 aliphatic rings. The van der Waals surface area contributed by atoms with Crippen molar-refractivity contribution in [2.24, 2.45) is 17.8 Å². The van der Waals surface area contributed by atoms with Gasteiger partial charge in [-0.25, -0.2) is 0 Å². The van der Waals surface area contributed by atoms with Crippen molar-refractivity contribution >= 4 is 5.91 Å². The fourth-order valence-corrected chi connectivity index (χ4v) is 2.05. The van der Waals surface area contributed by atoms with E-state index in [0.717, 1.165) is 6.42 Å². The molecule has 1 rings (SSSR count). The van der Waals surface area contributed by atoms with Crippen LogP contribution < -0.4 is 5.32 Å². The highest BCUT2D eigenvalue weighted by atomic mass is 16.3. The molecule has 2 N–H and O–H groups in total. The SMILES string of the molecule is CC(C)CC(C)(O)CNC(=O)C1CC1C. The largest absolute Gasteiger partial charge is 0.388 e. The van der Waals surface area contributed by atoms with Crippen molar-refractivity contribution in [3.8, 4) is 0 Å². The second-order valence-electron chi connectivity index (χ2n) is 5.63. The molecule has 15 heavy (non-hydrogen) atoms. The maximum Gasteiger partial charge on any atom is 0.223 e. The lowest BCUT2D eigenvalue weighted by Gasteiger charge is -2.25. The Hall–Kier alpha value is -0.570. The molecule has 0 aromatic heterocycles. The van der Waals surface area contributed by atoms with Crippen LogP contribution >= 0.6 is 0 Å². The number of hydrogen-bond donors (Lipinski definition) is 2. The molecule has 0 aromatic carbocycles. The van der Waals surface area contributed by atoms with Gasteiger partial charge in [0.25, 0.3) is 0 Å². The summed E-state index contributed by atoms with van der Waals surface area (Å²) < 4.78 is 0. The highest BCUT2D eigenvalue weighted by Gasteiger charge is 2.39. The van der Waals surface area contributed by atoms with Gasteiger partial charge in [0, 0.05) is 12.5 Å². The van der Waals surface area contributed by atoms with Crippen LogP contribution in [-0.4, -0.2) is 23.2 Å². The van der Waals surface area contributed by atoms with Crippen LogP contribution in [0, 0.1) is 17.8 Å². The molecule has 3 nitrogen and oxygen atoms in total. The number of aliphatic hydroxyl groups is 1. The lowest BCUT2D eigenvalue weighted by Crippen LogP contribution is -2.42. The van der Waals surface area contributed by atoms with E-state index in [1.165, 1.54) is 0 Å². The van der Waals surface area contributed by atoms with Gasteiger partial charge in [-0.1, -0.05) is 20.8 Å². The van der Waals surface area contributed by atoms with Crippen molar-refractivity contribution in [2.45, 2.75) is 46.1 Å². The van der Waals surface area contributed by atoms with E-state index in [0.29, 0.717) is 24.8 Å². The summed E-state index contributed by atoms with van der Waals surface area (Å²) in [6, 6.07) is 0. The van der Waals surface area contributed by atoms with E-state index in [1.807, 2.05) is 0 Å². The summed E-state index contributed by atoms with van der Waals surface area (Å²) >= 11 is 0. The zero-order valence-corrected chi connectivity index (χ0v) is 10.2. The molecule has 3 unspecified atom stereocenters. The molecule has 0 radical (unpaired) electrons. The van der Waals surface area contributed by atoms with E-state index < -0.39 is 5.60 Å². The van der Waals surface area contributed by atoms with Crippen molar-refractivity contribution < 1.29 is 9.90 Å². The molecule has 3 atom stereocenters. The Kier molecular flexibility index (Phi) is 3.77. The number of carbonyl (C=O) groups excluding carboxylic acids is 1. The predicted octanol–water partition coefficient (Wildman–Crippen LogP) is 1.56. The predicted molar refractivity (Wildman–Crippen MR) is 60.4 cm³/mol. The van der Waals surface area contributed by atoms with E-state index in [1.54, 1.807) is 6.92 Å². The molecule has 0 aliphatic heterocycles. The summed E-state index contributed by atoms with van der Waals surface area (Å²) in [5.41, 5.74) is -0.776. The molecule has 0 aromatic rings. The zero-order chi connectivity index (χ0) is 11.6. The third-order valence-corrected chi connectivity index (χ3v) is 2.94. The number of nitrogens with one attached hydrogen (secondary N) is 1. The van der Waals surface area contributed by atoms with Gasteiger partial charge in [-0.05, 0) is 31.6 Å². The first-order valence-corrected chi connectivity index (χ1v) is 5.82. The minimum absolute atomic E-state index is 0.103. The van der Waals surface area contributed by atoms with Gasteiger partial charge in [-0.2, -0.15) is 0 Å². The topological polar surface area (TPSA) is 49.3 Å². The fraction of sp³-hybridized carbons (Fsp3) is 0.917. The average Bonchev–Trinajstić information content (AvgIpc) is 2.76. The second kappa shape index (κ2) is 4.52. The Balaban J connectivity index is 2.26. The minimum Gasteiger partial charge on any atom is -0.388 e. The van der Waals surface area contributed by atoms with Gasteiger partial charge in [0.05, 0.1) is 5.60 Å². The summed E-state index contributed by atoms with van der Waals surface area (Å²) in [6.45, 7) is 8.37. The van der Waals surface area contributed by atoms with Crippen molar-refractivity contribution in [3.05, 3.63) is 0 Å². The molecule has 1 aliphatic carbocycles. The number of amides is 1. The minimum atomic E-state index is -0.776. The highest BCUT2D eigenvalue weighted by Crippen LogP contribution is 2.37. The molecule has 0 spiro atoms. The summed E-state index contributed by atoms with van der Waals surface area (Å²) in [7, 11) is 0. The molecule has 0 saturated heterocycles. The summed E-state index contributed by atoms with van der Waals surface area (Å²) in [4.78, 5) is 11.5. The van der Waals surface area contributed by atoms with E-state index in [2.05, 4.69) is 26.1 Å². The third-order valence-electron chi connectivity index (χ3n) is 2.94. The van der Waals surface area contributed by atoms with Crippen LogP contribution in [0.15, 0.2) is 0 Å². The zero-order valence-electron chi connectivity index (χ0n) is 10.2. The first-order chi connectivity index (χ1) is 6.82. The maximum atomic E-state index is 11.5. The number of rotatable bonds is 5. The number of carbonyl (C=O) groups is 1. The first kappa shape index (κ1) is 12.5. The molecule has 1 saturated carbocycles. The van der Waals surface area contributed by atoms with Crippen molar-refractivity contribution in [1.29, 1.82) is 0 Å². The molecule has 3 heteroatoms. The molecule has 1 fully saturated rings. The Morgan fingerprint density at radius 3 is 2.53 bits per heavy atom. The fourth-order valence-electron chi connectivity index (χ4n) is 2.05. The Morgan fingerprint density at radius 2 is 2.13 bits per heavy atom. The van der Waals surface area contributed by atoms with Gasteiger partial charge in [-0.15, -0.1) is 0 Å². The maximum absolute atomic E-state index is 11.5. The third kappa shape index (κ3) is 4.20. The van der Waals surface area contributed by atoms with Crippen molar-refractivity contribution in [2.75, 3.05) is 6.54 Å². The average molecular weight is 213 g/mol. The van der Waals surface area contributed by atoms with Gasteiger partial charge in [0.15, 0.2) is 0 Å². The van der Waals surface area contributed by atoms with Crippen LogP contribution in [0.3, 0.4) is 0 Å². The van der Waals surface area contributed by atoms with Gasteiger partial charge >= 0.3 is 0 Å². The van der Waals surface area contributed by atoms with Gasteiger partial charge in [0.2, 0.25) is 5.91 Å². The van der Waals surface area contributed by atoms with Gasteiger partial charge in [0.1, 0.15) is 0 Å². The van der Waals surface area contributed by atoms with Crippen LogP contribution in [-0.2, 0) is 4.79 Å². The van der Waals surface area contributed by atoms with Crippen molar-refractivity contribution in [3.63, 3.8) is 0 Å². The Morgan fingerprint density at radius 1 is 1.60 bits per heavy atom. The monoisotopic (exact) mass is 213 g/mol.